The first-order chi connectivity index (χ1) is 26.7. The summed E-state index contributed by atoms with van der Waals surface area (Å²) in [5, 5.41) is 0. The largest absolute Gasteiger partial charge is 0.310 e. The van der Waals surface area contributed by atoms with Gasteiger partial charge in [0, 0.05) is 27.8 Å². The van der Waals surface area contributed by atoms with Crippen LogP contribution in [0.4, 0.5) is 17.1 Å². The lowest BCUT2D eigenvalue weighted by molar-refractivity contribution is 0.332. The number of hydrogen-bond acceptors (Lipinski definition) is 1. The van der Waals surface area contributed by atoms with E-state index in [1.54, 1.807) is 5.56 Å². The first-order valence-corrected chi connectivity index (χ1v) is 21.3. The first kappa shape index (κ1) is 35.5. The maximum atomic E-state index is 2.66. The van der Waals surface area contributed by atoms with Crippen LogP contribution in [0.15, 0.2) is 109 Å². The Balaban J connectivity index is 1.30. The van der Waals surface area contributed by atoms with Crippen LogP contribution in [0.2, 0.25) is 0 Å². The third-order valence-electron chi connectivity index (χ3n) is 14.9. The predicted molar refractivity (Wildman–Crippen MR) is 238 cm³/mol. The lowest BCUT2D eigenvalue weighted by atomic mass is 9.63. The van der Waals surface area contributed by atoms with E-state index in [4.69, 9.17) is 0 Å². The lowest BCUT2D eigenvalue weighted by Gasteiger charge is -2.42. The fraction of sp³-hybridized carbons (Fsp3) is 0.345. The van der Waals surface area contributed by atoms with E-state index in [2.05, 4.69) is 176 Å². The minimum Gasteiger partial charge on any atom is -0.310 e. The summed E-state index contributed by atoms with van der Waals surface area (Å²) in [5.41, 5.74) is 25.2. The highest BCUT2D eigenvalue weighted by molar-refractivity contribution is 5.97. The molecule has 0 unspecified atom stereocenters. The molecular formula is C55H57N. The van der Waals surface area contributed by atoms with Gasteiger partial charge in [0.2, 0.25) is 0 Å². The van der Waals surface area contributed by atoms with E-state index in [1.807, 2.05) is 0 Å². The summed E-state index contributed by atoms with van der Waals surface area (Å²) in [6, 6.07) is 43.1. The van der Waals surface area contributed by atoms with Crippen LogP contribution in [0.5, 0.6) is 0 Å². The van der Waals surface area contributed by atoms with Crippen molar-refractivity contribution >= 4 is 17.1 Å². The van der Waals surface area contributed by atoms with Crippen molar-refractivity contribution in [1.82, 2.24) is 0 Å². The number of anilines is 3. The van der Waals surface area contributed by atoms with E-state index in [0.717, 1.165) is 6.42 Å². The molecule has 0 fully saturated rings. The predicted octanol–water partition coefficient (Wildman–Crippen LogP) is 15.0. The van der Waals surface area contributed by atoms with Crippen LogP contribution >= 0.6 is 0 Å². The van der Waals surface area contributed by atoms with Crippen LogP contribution in [0.25, 0.3) is 33.4 Å². The molecule has 0 N–H and O–H groups in total. The number of aryl methyl sites for hydroxylation is 2. The summed E-state index contributed by atoms with van der Waals surface area (Å²) in [6.45, 7) is 21.8. The molecule has 0 saturated heterocycles. The van der Waals surface area contributed by atoms with Crippen LogP contribution in [-0.2, 0) is 34.5 Å². The molecule has 1 nitrogen and oxygen atoms in total. The normalized spacial score (nSPS) is 18.6. The summed E-state index contributed by atoms with van der Waals surface area (Å²) in [6.07, 6.45) is 7.22. The molecule has 4 aliphatic carbocycles. The highest BCUT2D eigenvalue weighted by Crippen LogP contribution is 2.57. The van der Waals surface area contributed by atoms with E-state index in [9.17, 15) is 0 Å². The summed E-state index contributed by atoms with van der Waals surface area (Å²) in [5.74, 6) is 0. The van der Waals surface area contributed by atoms with Crippen LogP contribution in [0.1, 0.15) is 131 Å². The molecule has 0 aromatic heterocycles. The van der Waals surface area contributed by atoms with Crippen molar-refractivity contribution in [1.29, 1.82) is 0 Å². The average molecular weight is 732 g/mol. The standard InChI is InChI=1S/C55H57N/c1-34-22-23-35-16-10-11-17-38(35)51(34)43-32-42-40-19-13-15-21-45(40)55(8,9)48(42)33-50(43)56(37-25-27-46-49(31-37)53(4,5)29-28-52(46,2)3)36-24-26-41-39-18-12-14-20-44(39)54(6,7)47(41)30-36/h12-15,18-27,30-33H,10-11,16-17,28-29H2,1-9H3. The summed E-state index contributed by atoms with van der Waals surface area (Å²) in [7, 11) is 0. The van der Waals surface area contributed by atoms with Gasteiger partial charge in [-0.05, 0) is 171 Å². The molecule has 0 heterocycles. The van der Waals surface area contributed by atoms with Gasteiger partial charge >= 0.3 is 0 Å². The van der Waals surface area contributed by atoms with Gasteiger partial charge in [-0.25, -0.2) is 0 Å². The van der Waals surface area contributed by atoms with Crippen molar-refractivity contribution in [2.24, 2.45) is 0 Å². The van der Waals surface area contributed by atoms with E-state index >= 15 is 0 Å². The third-order valence-corrected chi connectivity index (χ3v) is 14.9. The second-order valence-electron chi connectivity index (χ2n) is 19.9. The summed E-state index contributed by atoms with van der Waals surface area (Å²) < 4.78 is 0. The lowest BCUT2D eigenvalue weighted by Crippen LogP contribution is -2.34. The van der Waals surface area contributed by atoms with Gasteiger partial charge in [0.1, 0.15) is 0 Å². The number of hydrogen-bond donors (Lipinski definition) is 0. The van der Waals surface area contributed by atoms with Gasteiger partial charge in [-0.15, -0.1) is 0 Å². The summed E-state index contributed by atoms with van der Waals surface area (Å²) >= 11 is 0. The quantitative estimate of drug-likeness (QED) is 0.174. The molecule has 0 saturated carbocycles. The Kier molecular flexibility index (Phi) is 7.65. The van der Waals surface area contributed by atoms with Gasteiger partial charge in [-0.2, -0.15) is 0 Å². The van der Waals surface area contributed by atoms with Crippen molar-refractivity contribution in [3.63, 3.8) is 0 Å². The Morgan fingerprint density at radius 2 is 1.00 bits per heavy atom. The van der Waals surface area contributed by atoms with E-state index < -0.39 is 0 Å². The van der Waals surface area contributed by atoms with Gasteiger partial charge in [0.05, 0.1) is 5.69 Å². The molecule has 6 aromatic carbocycles. The molecule has 0 aliphatic heterocycles. The topological polar surface area (TPSA) is 3.24 Å². The van der Waals surface area contributed by atoms with Crippen molar-refractivity contribution in [2.45, 2.75) is 122 Å². The Morgan fingerprint density at radius 3 is 1.70 bits per heavy atom. The van der Waals surface area contributed by atoms with Crippen LogP contribution in [0, 0.1) is 6.92 Å². The Bertz CT molecular complexity index is 2610. The molecule has 0 bridgehead atoms. The molecule has 6 aromatic rings. The molecule has 4 aliphatic rings. The maximum Gasteiger partial charge on any atom is 0.0543 e. The number of nitrogens with zero attached hydrogens (tertiary/aromatic N) is 1. The molecule has 56 heavy (non-hydrogen) atoms. The maximum absolute atomic E-state index is 2.66. The van der Waals surface area contributed by atoms with Crippen molar-refractivity contribution in [2.75, 3.05) is 4.90 Å². The smallest absolute Gasteiger partial charge is 0.0543 e. The van der Waals surface area contributed by atoms with Crippen LogP contribution in [0.3, 0.4) is 0 Å². The molecule has 0 spiro atoms. The SMILES string of the molecule is Cc1ccc2c(c1-c1cc3c(cc1N(c1ccc4c(c1)C(C)(C)CCC4(C)C)c1ccc4c(c1)C(C)(C)c1ccccc1-4)C(C)(C)c1ccccc1-3)CCCC2. The van der Waals surface area contributed by atoms with Gasteiger partial charge in [0.15, 0.2) is 0 Å². The Hall–Kier alpha value is -4.88. The van der Waals surface area contributed by atoms with Gasteiger partial charge in [-0.1, -0.05) is 128 Å². The van der Waals surface area contributed by atoms with Crippen molar-refractivity contribution in [3.8, 4) is 33.4 Å². The van der Waals surface area contributed by atoms with E-state index in [-0.39, 0.29) is 21.7 Å². The number of benzene rings is 6. The van der Waals surface area contributed by atoms with Crippen LogP contribution in [-0.4, -0.2) is 0 Å². The van der Waals surface area contributed by atoms with Gasteiger partial charge < -0.3 is 4.90 Å². The van der Waals surface area contributed by atoms with E-state index in [0.29, 0.717) is 0 Å². The number of rotatable bonds is 4. The Morgan fingerprint density at radius 1 is 0.446 bits per heavy atom. The fourth-order valence-electron chi connectivity index (χ4n) is 11.4. The third kappa shape index (κ3) is 5.05. The molecule has 1 heteroatoms. The fourth-order valence-corrected chi connectivity index (χ4v) is 11.4. The second kappa shape index (κ2) is 12.1. The average Bonchev–Trinajstić information content (AvgIpc) is 3.55. The second-order valence-corrected chi connectivity index (χ2v) is 19.9. The zero-order valence-electron chi connectivity index (χ0n) is 35.1. The van der Waals surface area contributed by atoms with E-state index in [1.165, 1.54) is 127 Å². The minimum absolute atomic E-state index is 0.0909. The number of fused-ring (bicyclic) bond motifs is 8. The first-order valence-electron chi connectivity index (χ1n) is 21.3. The molecule has 0 radical (unpaired) electrons. The molecule has 10 rings (SSSR count). The Labute approximate surface area is 335 Å². The summed E-state index contributed by atoms with van der Waals surface area (Å²) in [4.78, 5) is 2.66. The monoisotopic (exact) mass is 731 g/mol. The van der Waals surface area contributed by atoms with Crippen molar-refractivity contribution < 1.29 is 0 Å². The minimum atomic E-state index is -0.126. The zero-order valence-corrected chi connectivity index (χ0v) is 35.1. The zero-order chi connectivity index (χ0) is 38.9. The molecule has 0 amide bonds. The van der Waals surface area contributed by atoms with Crippen LogP contribution < -0.4 is 4.90 Å². The highest BCUT2D eigenvalue weighted by atomic mass is 15.1. The highest BCUT2D eigenvalue weighted by Gasteiger charge is 2.41. The molecular weight excluding hydrogens is 675 g/mol. The van der Waals surface area contributed by atoms with Gasteiger partial charge in [0.25, 0.3) is 0 Å². The van der Waals surface area contributed by atoms with Gasteiger partial charge in [-0.3, -0.25) is 0 Å². The van der Waals surface area contributed by atoms with Crippen molar-refractivity contribution in [3.05, 3.63) is 159 Å². The molecule has 282 valence electrons. The molecule has 0 atom stereocenters.